The molecule has 0 amide bonds. The summed E-state index contributed by atoms with van der Waals surface area (Å²) in [5.41, 5.74) is 6.21. The van der Waals surface area contributed by atoms with E-state index in [4.69, 9.17) is 0 Å². The van der Waals surface area contributed by atoms with Gasteiger partial charge < -0.3 is 4.57 Å². The van der Waals surface area contributed by atoms with Crippen molar-refractivity contribution < 1.29 is 0 Å². The Kier molecular flexibility index (Phi) is 3.78. The average molecular weight is 426 g/mol. The first-order valence-corrected chi connectivity index (χ1v) is 11.7. The van der Waals surface area contributed by atoms with E-state index in [1.54, 1.807) is 0 Å². The largest absolute Gasteiger partial charge is 0.309 e. The lowest BCUT2D eigenvalue weighted by molar-refractivity contribution is 1.18. The summed E-state index contributed by atoms with van der Waals surface area (Å²) >= 11 is 1.87. The molecule has 0 unspecified atom stereocenters. The zero-order chi connectivity index (χ0) is 21.1. The predicted molar refractivity (Wildman–Crippen MR) is 139 cm³/mol. The first-order valence-electron chi connectivity index (χ1n) is 10.9. The second kappa shape index (κ2) is 6.81. The van der Waals surface area contributed by atoms with Crippen LogP contribution in [0, 0.1) is 0 Å². The highest BCUT2D eigenvalue weighted by atomic mass is 32.1. The van der Waals surface area contributed by atoms with Gasteiger partial charge in [0.1, 0.15) is 0 Å². The molecule has 0 N–H and O–H groups in total. The quantitative estimate of drug-likeness (QED) is 0.261. The molecule has 0 bridgehead atoms. The maximum Gasteiger partial charge on any atom is 0.0619 e. The number of rotatable bonds is 2. The third kappa shape index (κ3) is 2.50. The van der Waals surface area contributed by atoms with Gasteiger partial charge in [0, 0.05) is 42.2 Å². The number of fused-ring (bicyclic) bond motifs is 6. The van der Waals surface area contributed by atoms with Crippen molar-refractivity contribution in [1.82, 2.24) is 4.57 Å². The average Bonchev–Trinajstić information content (AvgIpc) is 3.40. The van der Waals surface area contributed by atoms with Crippen LogP contribution in [0.15, 0.2) is 115 Å². The summed E-state index contributed by atoms with van der Waals surface area (Å²) in [7, 11) is 0. The summed E-state index contributed by atoms with van der Waals surface area (Å²) in [6, 6.07) is 41.7. The molecule has 0 fully saturated rings. The van der Waals surface area contributed by atoms with E-state index in [0.717, 1.165) is 0 Å². The Morgan fingerprint density at radius 3 is 2.12 bits per heavy atom. The molecule has 1 nitrogen and oxygen atoms in total. The van der Waals surface area contributed by atoms with Crippen LogP contribution in [0.25, 0.3) is 58.8 Å². The number of nitrogens with zero attached hydrogens (tertiary/aromatic N) is 1. The van der Waals surface area contributed by atoms with Crippen LogP contribution in [0.5, 0.6) is 0 Å². The number of para-hydroxylation sites is 3. The molecule has 0 spiro atoms. The van der Waals surface area contributed by atoms with Crippen LogP contribution in [0.4, 0.5) is 0 Å². The first kappa shape index (κ1) is 17.8. The Hall–Kier alpha value is -3.88. The van der Waals surface area contributed by atoms with Crippen LogP contribution < -0.4 is 0 Å². The van der Waals surface area contributed by atoms with Gasteiger partial charge in [-0.2, -0.15) is 0 Å². The molecule has 0 saturated heterocycles. The maximum atomic E-state index is 2.41. The van der Waals surface area contributed by atoms with E-state index in [9.17, 15) is 0 Å². The van der Waals surface area contributed by atoms with Crippen molar-refractivity contribution >= 4 is 53.3 Å². The minimum absolute atomic E-state index is 1.19. The summed E-state index contributed by atoms with van der Waals surface area (Å²) in [6.45, 7) is 0. The molecule has 5 aromatic carbocycles. The van der Waals surface area contributed by atoms with Gasteiger partial charge in [0.05, 0.1) is 11.0 Å². The lowest BCUT2D eigenvalue weighted by Gasteiger charge is -2.12. The summed E-state index contributed by atoms with van der Waals surface area (Å²) in [5, 5.41) is 5.25. The summed E-state index contributed by atoms with van der Waals surface area (Å²) in [4.78, 5) is 0. The van der Waals surface area contributed by atoms with Gasteiger partial charge in [-0.3, -0.25) is 0 Å². The lowest BCUT2D eigenvalue weighted by Crippen LogP contribution is -1.95. The van der Waals surface area contributed by atoms with Crippen molar-refractivity contribution in [3.63, 3.8) is 0 Å². The van der Waals surface area contributed by atoms with Gasteiger partial charge in [-0.05, 0) is 42.0 Å². The third-order valence-corrected chi connectivity index (χ3v) is 7.55. The third-order valence-electron chi connectivity index (χ3n) is 6.40. The molecule has 32 heavy (non-hydrogen) atoms. The standard InChI is InChI=1S/C30H19NS/c1-2-9-21(10-3-1)31-27-15-6-4-11-23(27)25-14-8-13-22(30(25)31)20-17-18-29-26(19-20)24-12-5-7-16-28(24)32-29/h1-19H. The van der Waals surface area contributed by atoms with E-state index >= 15 is 0 Å². The van der Waals surface area contributed by atoms with E-state index < -0.39 is 0 Å². The van der Waals surface area contributed by atoms with E-state index in [1.807, 2.05) is 11.3 Å². The molecule has 0 saturated carbocycles. The molecule has 7 aromatic rings. The fraction of sp³-hybridized carbons (Fsp3) is 0. The number of hydrogen-bond acceptors (Lipinski definition) is 1. The fourth-order valence-electron chi connectivity index (χ4n) is 4.99. The summed E-state index contributed by atoms with van der Waals surface area (Å²) in [5.74, 6) is 0. The molecule has 0 aliphatic carbocycles. The van der Waals surface area contributed by atoms with Crippen molar-refractivity contribution in [1.29, 1.82) is 0 Å². The highest BCUT2D eigenvalue weighted by Gasteiger charge is 2.16. The van der Waals surface area contributed by atoms with Crippen LogP contribution >= 0.6 is 11.3 Å². The van der Waals surface area contributed by atoms with Crippen molar-refractivity contribution in [3.05, 3.63) is 115 Å². The van der Waals surface area contributed by atoms with E-state index in [-0.39, 0.29) is 0 Å². The smallest absolute Gasteiger partial charge is 0.0619 e. The molecule has 0 atom stereocenters. The Bertz CT molecular complexity index is 1770. The second-order valence-electron chi connectivity index (χ2n) is 8.20. The maximum absolute atomic E-state index is 2.41. The van der Waals surface area contributed by atoms with Crippen molar-refractivity contribution in [3.8, 4) is 16.8 Å². The van der Waals surface area contributed by atoms with Crippen LogP contribution in [0.3, 0.4) is 0 Å². The van der Waals surface area contributed by atoms with E-state index in [0.29, 0.717) is 0 Å². The van der Waals surface area contributed by atoms with Crippen molar-refractivity contribution in [2.75, 3.05) is 0 Å². The van der Waals surface area contributed by atoms with Gasteiger partial charge >= 0.3 is 0 Å². The van der Waals surface area contributed by atoms with Crippen LogP contribution in [-0.2, 0) is 0 Å². The highest BCUT2D eigenvalue weighted by Crippen LogP contribution is 2.41. The summed E-state index contributed by atoms with van der Waals surface area (Å²) in [6.07, 6.45) is 0. The van der Waals surface area contributed by atoms with Gasteiger partial charge in [0.25, 0.3) is 0 Å². The second-order valence-corrected chi connectivity index (χ2v) is 9.28. The molecule has 2 aromatic heterocycles. The lowest BCUT2D eigenvalue weighted by atomic mass is 10.00. The summed E-state index contributed by atoms with van der Waals surface area (Å²) < 4.78 is 5.10. The highest BCUT2D eigenvalue weighted by molar-refractivity contribution is 7.25. The first-order chi connectivity index (χ1) is 15.9. The van der Waals surface area contributed by atoms with Crippen molar-refractivity contribution in [2.45, 2.75) is 0 Å². The Morgan fingerprint density at radius 1 is 0.500 bits per heavy atom. The molecule has 0 radical (unpaired) electrons. The molecule has 150 valence electrons. The van der Waals surface area contributed by atoms with Gasteiger partial charge in [-0.1, -0.05) is 78.9 Å². The zero-order valence-electron chi connectivity index (χ0n) is 17.3. The molecule has 0 aliphatic heterocycles. The molecule has 2 heterocycles. The Morgan fingerprint density at radius 2 is 1.22 bits per heavy atom. The Labute approximate surface area is 189 Å². The minimum Gasteiger partial charge on any atom is -0.309 e. The number of hydrogen-bond donors (Lipinski definition) is 0. The Balaban J connectivity index is 1.61. The van der Waals surface area contributed by atoms with Crippen molar-refractivity contribution in [2.24, 2.45) is 0 Å². The number of aromatic nitrogens is 1. The van der Waals surface area contributed by atoms with Gasteiger partial charge in [-0.25, -0.2) is 0 Å². The normalized spacial score (nSPS) is 11.8. The molecule has 7 rings (SSSR count). The topological polar surface area (TPSA) is 4.93 Å². The van der Waals surface area contributed by atoms with E-state index in [1.165, 1.54) is 58.8 Å². The van der Waals surface area contributed by atoms with E-state index in [2.05, 4.69) is 120 Å². The molecule has 0 aliphatic rings. The SMILES string of the molecule is c1ccc(-n2c3ccccc3c3cccc(-c4ccc5sc6ccccc6c5c4)c32)cc1. The molecular formula is C30H19NS. The van der Waals surface area contributed by atoms with Crippen LogP contribution in [0.2, 0.25) is 0 Å². The molecule has 2 heteroatoms. The monoisotopic (exact) mass is 425 g/mol. The predicted octanol–water partition coefficient (Wildman–Crippen LogP) is 8.82. The fourth-order valence-corrected chi connectivity index (χ4v) is 6.08. The molecular weight excluding hydrogens is 406 g/mol. The number of benzene rings is 5. The van der Waals surface area contributed by atoms with Gasteiger partial charge in [0.2, 0.25) is 0 Å². The number of thiophene rings is 1. The van der Waals surface area contributed by atoms with Crippen LogP contribution in [0.1, 0.15) is 0 Å². The van der Waals surface area contributed by atoms with Gasteiger partial charge in [-0.15, -0.1) is 11.3 Å². The van der Waals surface area contributed by atoms with Crippen LogP contribution in [-0.4, -0.2) is 4.57 Å². The minimum atomic E-state index is 1.19. The van der Waals surface area contributed by atoms with Gasteiger partial charge in [0.15, 0.2) is 0 Å². The zero-order valence-corrected chi connectivity index (χ0v) is 18.1.